The lowest BCUT2D eigenvalue weighted by molar-refractivity contribution is -0.151. The highest BCUT2D eigenvalue weighted by Gasteiger charge is 2.62. The molecule has 0 bridgehead atoms. The number of amides is 2. The van der Waals surface area contributed by atoms with Crippen molar-refractivity contribution >= 4 is 40.7 Å². The monoisotopic (exact) mass is 873 g/mol. The summed E-state index contributed by atoms with van der Waals surface area (Å²) < 4.78 is 0. The summed E-state index contributed by atoms with van der Waals surface area (Å²) in [7, 11) is 3.30. The van der Waals surface area contributed by atoms with Crippen LogP contribution in [0.3, 0.4) is 0 Å². The van der Waals surface area contributed by atoms with Crippen molar-refractivity contribution in [1.82, 2.24) is 4.90 Å². The third-order valence-corrected chi connectivity index (χ3v) is 13.9. The molecule has 16 heteroatoms. The van der Waals surface area contributed by atoms with E-state index in [9.17, 15) is 64.8 Å². The summed E-state index contributed by atoms with van der Waals surface area (Å²) in [5.41, 5.74) is 6.66. The molecule has 2 aromatic carbocycles. The lowest BCUT2D eigenvalue weighted by Gasteiger charge is -2.51. The normalized spacial score (nSPS) is 28.2. The summed E-state index contributed by atoms with van der Waals surface area (Å²) in [4.78, 5) is 66.3. The maximum absolute atomic E-state index is 14.1. The largest absolute Gasteiger partial charge is 0.510 e. The van der Waals surface area contributed by atoms with Crippen LogP contribution in [0.1, 0.15) is 84.7 Å². The maximum atomic E-state index is 14.1. The second-order valence-electron chi connectivity index (χ2n) is 17.8. The highest BCUT2D eigenvalue weighted by Crippen LogP contribution is 2.54. The van der Waals surface area contributed by atoms with Crippen molar-refractivity contribution in [3.8, 4) is 35.2 Å². The average Bonchev–Trinajstić information content (AvgIpc) is 3.22. The van der Waals surface area contributed by atoms with Gasteiger partial charge in [-0.15, -0.1) is 0 Å². The zero-order valence-corrected chi connectivity index (χ0v) is 35.0. The van der Waals surface area contributed by atoms with Crippen molar-refractivity contribution in [2.45, 2.75) is 81.5 Å². The molecule has 2 saturated carbocycles. The molecule has 0 saturated heterocycles. The van der Waals surface area contributed by atoms with Crippen LogP contribution in [-0.2, 0) is 36.8 Å². The van der Waals surface area contributed by atoms with Crippen LogP contribution >= 0.6 is 0 Å². The van der Waals surface area contributed by atoms with Crippen LogP contribution in [0.4, 0.5) is 0 Å². The van der Waals surface area contributed by atoms with E-state index < -0.39 is 106 Å². The fourth-order valence-corrected chi connectivity index (χ4v) is 10.9. The van der Waals surface area contributed by atoms with Gasteiger partial charge in [-0.05, 0) is 99.8 Å². The van der Waals surface area contributed by atoms with Crippen LogP contribution in [0.15, 0.2) is 58.1 Å². The summed E-state index contributed by atoms with van der Waals surface area (Å²) in [5.74, 6) is 1.29. The summed E-state index contributed by atoms with van der Waals surface area (Å²) in [6, 6.07) is 5.03. The molecule has 0 unspecified atom stereocenters. The predicted molar refractivity (Wildman–Crippen MR) is 227 cm³/mol. The number of phenolic OH excluding ortho intramolecular Hbond substituents is 2. The van der Waals surface area contributed by atoms with Gasteiger partial charge in [-0.25, -0.2) is 0 Å². The van der Waals surface area contributed by atoms with E-state index in [2.05, 4.69) is 23.7 Å². The number of hydrogen-bond donors (Lipinski definition) is 10. The van der Waals surface area contributed by atoms with Gasteiger partial charge in [0.25, 0.3) is 5.91 Å². The van der Waals surface area contributed by atoms with E-state index in [1.165, 1.54) is 12.1 Å². The SMILES string of the molecule is CN(C)[C@@H]1C(O)=C(C(N)=O)C[C@@]2(O)C(=O)C3=C(O)c4c(O)ccc(C#CCCCCC#Cc5ccc(O)c6c5C[C@H]5C[C@H]7CC(=O)C(C(N)=O)=C(O)[C@@]7(O)C(=O)C5=C6O)c4C[C@H]3C[C@@H]12. The Labute approximate surface area is 366 Å². The van der Waals surface area contributed by atoms with Gasteiger partial charge < -0.3 is 52.3 Å². The first kappa shape index (κ1) is 43.8. The Morgan fingerprint density at radius 2 is 1.25 bits per heavy atom. The minimum Gasteiger partial charge on any atom is -0.510 e. The Balaban J connectivity index is 0.965. The third kappa shape index (κ3) is 6.55. The molecule has 2 amide bonds. The predicted octanol–water partition coefficient (Wildman–Crippen LogP) is 2.49. The lowest BCUT2D eigenvalue weighted by Crippen LogP contribution is -2.62. The number of carbonyl (C=O) groups excluding carboxylic acids is 5. The highest BCUT2D eigenvalue weighted by atomic mass is 16.3. The Hall–Kier alpha value is -6.85. The van der Waals surface area contributed by atoms with Crippen LogP contribution in [0.25, 0.3) is 11.5 Å². The third-order valence-electron chi connectivity index (χ3n) is 13.9. The van der Waals surface area contributed by atoms with E-state index >= 15 is 0 Å². The number of carbonyl (C=O) groups is 5. The number of benzene rings is 2. The topological polar surface area (TPSA) is 302 Å². The van der Waals surface area contributed by atoms with Gasteiger partial charge in [0.05, 0.1) is 22.7 Å². The molecule has 0 spiro atoms. The second kappa shape index (κ2) is 15.7. The van der Waals surface area contributed by atoms with Gasteiger partial charge in [0, 0.05) is 59.8 Å². The molecule has 12 N–H and O–H groups in total. The highest BCUT2D eigenvalue weighted by molar-refractivity contribution is 6.22. The maximum Gasteiger partial charge on any atom is 0.255 e. The molecular weight excluding hydrogens is 827 g/mol. The van der Waals surface area contributed by atoms with Crippen LogP contribution in [-0.4, -0.2) is 106 Å². The number of ketones is 3. The summed E-state index contributed by atoms with van der Waals surface area (Å²) >= 11 is 0. The number of rotatable bonds is 6. The number of fused-ring (bicyclic) bond motifs is 6. The van der Waals surface area contributed by atoms with Gasteiger partial charge in [0.15, 0.2) is 17.2 Å². The summed E-state index contributed by atoms with van der Waals surface area (Å²) in [5, 5.41) is 89.8. The molecule has 2 aromatic rings. The molecule has 6 aliphatic carbocycles. The van der Waals surface area contributed by atoms with Gasteiger partial charge >= 0.3 is 0 Å². The number of nitrogens with two attached hydrogens (primary N) is 2. The smallest absolute Gasteiger partial charge is 0.255 e. The molecule has 16 nitrogen and oxygen atoms in total. The van der Waals surface area contributed by atoms with Crippen LogP contribution in [0.2, 0.25) is 0 Å². The number of aromatic hydroxyl groups is 2. The number of Topliss-reactive ketones (excluding diaryl/α,β-unsaturated/α-hetero) is 3. The number of aliphatic hydroxyl groups is 6. The van der Waals surface area contributed by atoms with E-state index in [4.69, 9.17) is 11.5 Å². The van der Waals surface area contributed by atoms with Crippen LogP contribution < -0.4 is 11.5 Å². The van der Waals surface area contributed by atoms with Crippen molar-refractivity contribution < 1.29 is 64.8 Å². The number of unbranched alkanes of at least 4 members (excludes halogenated alkanes) is 3. The fourth-order valence-electron chi connectivity index (χ4n) is 10.9. The molecule has 7 atom stereocenters. The first-order valence-corrected chi connectivity index (χ1v) is 21.0. The first-order chi connectivity index (χ1) is 30.2. The zero-order valence-electron chi connectivity index (χ0n) is 35.0. The molecular formula is C48H47N3O13. The van der Waals surface area contributed by atoms with Gasteiger partial charge in [0.2, 0.25) is 11.7 Å². The molecule has 8 rings (SSSR count). The lowest BCUT2D eigenvalue weighted by atomic mass is 9.57. The molecule has 332 valence electrons. The van der Waals surface area contributed by atoms with Crippen molar-refractivity contribution in [3.63, 3.8) is 0 Å². The van der Waals surface area contributed by atoms with Gasteiger partial charge in [0.1, 0.15) is 45.7 Å². The number of nitrogens with zero attached hydrogens (tertiary/aromatic N) is 1. The molecule has 0 heterocycles. The molecule has 0 aromatic heterocycles. The first-order valence-electron chi connectivity index (χ1n) is 21.0. The Morgan fingerprint density at radius 3 is 1.75 bits per heavy atom. The summed E-state index contributed by atoms with van der Waals surface area (Å²) in [6.45, 7) is 0. The van der Waals surface area contributed by atoms with E-state index in [1.54, 1.807) is 31.1 Å². The number of aliphatic hydroxyl groups excluding tert-OH is 4. The zero-order chi connectivity index (χ0) is 46.3. The van der Waals surface area contributed by atoms with Gasteiger partial charge in [-0.2, -0.15) is 0 Å². The van der Waals surface area contributed by atoms with Crippen molar-refractivity contribution in [2.75, 3.05) is 14.1 Å². The molecule has 2 fully saturated rings. The number of primary amides is 2. The number of phenols is 2. The Bertz CT molecular complexity index is 2770. The van der Waals surface area contributed by atoms with Gasteiger partial charge in [-0.3, -0.25) is 28.9 Å². The minimum absolute atomic E-state index is 0.00414. The number of hydrogen-bond acceptors (Lipinski definition) is 14. The molecule has 0 aliphatic heterocycles. The van der Waals surface area contributed by atoms with Crippen molar-refractivity contribution in [2.24, 2.45) is 35.1 Å². The Kier molecular flexibility index (Phi) is 10.8. The standard InChI is InChI=1S/C48H47N3O13/c1-51(2)38-29-18-24-17-27-22(12-13-30(52)35(27)40(56)33(24)42(58)47(29,63)20-28(39(38)55)45(49)61)10-8-6-4-3-5-7-9-21-11-14-31(53)36-26(21)16-23-15-25-19-32(54)37(46(50)62)44(60)48(25,64)43(59)34(23)41(36)57/h11-14,23-25,29,38,52-53,55-57,60,63-64H,3-6,15-20H2,1-2H3,(H2,49,61)(H2,50,62)/t23-,24+,25+,29+,38+,47+,48+/m1/s1. The molecule has 0 radical (unpaired) electrons. The second-order valence-corrected chi connectivity index (χ2v) is 17.8. The fraction of sp³-hybridized carbons (Fsp3) is 0.396. The van der Waals surface area contributed by atoms with E-state index in [0.717, 1.165) is 0 Å². The summed E-state index contributed by atoms with van der Waals surface area (Å²) in [6.07, 6.45) is 1.80. The van der Waals surface area contributed by atoms with E-state index in [-0.39, 0.29) is 70.8 Å². The van der Waals surface area contributed by atoms with E-state index in [1.807, 2.05) is 0 Å². The average molecular weight is 874 g/mol. The number of likely N-dealkylation sites (N-methyl/N-ethyl adjacent to an activating group) is 1. The van der Waals surface area contributed by atoms with Crippen LogP contribution in [0.5, 0.6) is 11.5 Å². The Morgan fingerprint density at radius 1 is 0.734 bits per heavy atom. The molecule has 6 aliphatic rings. The van der Waals surface area contributed by atoms with Crippen molar-refractivity contribution in [1.29, 1.82) is 0 Å². The molecule has 64 heavy (non-hydrogen) atoms. The van der Waals surface area contributed by atoms with Gasteiger partial charge in [-0.1, -0.05) is 23.7 Å². The van der Waals surface area contributed by atoms with Crippen LogP contribution in [0, 0.1) is 47.4 Å². The van der Waals surface area contributed by atoms with Crippen molar-refractivity contribution in [3.05, 3.63) is 91.5 Å². The quantitative estimate of drug-likeness (QED) is 0.113. The minimum atomic E-state index is -2.65. The van der Waals surface area contributed by atoms with E-state index in [0.29, 0.717) is 47.9 Å².